The number of aliphatic hydroxyl groups excluding tert-OH is 1. The molecule has 1 heterocycles. The SMILES string of the molecule is Cc1cc2c(cc1C)C(O)N(C)C2. The van der Waals surface area contributed by atoms with Gasteiger partial charge in [0.2, 0.25) is 0 Å². The second kappa shape index (κ2) is 2.82. The predicted molar refractivity (Wildman–Crippen MR) is 52.3 cm³/mol. The third-order valence-electron chi connectivity index (χ3n) is 2.87. The first-order valence-corrected chi connectivity index (χ1v) is 4.58. The Morgan fingerprint density at radius 2 is 1.92 bits per heavy atom. The van der Waals surface area contributed by atoms with Crippen LogP contribution in [-0.4, -0.2) is 17.1 Å². The summed E-state index contributed by atoms with van der Waals surface area (Å²) in [5.74, 6) is 0. The van der Waals surface area contributed by atoms with Gasteiger partial charge in [-0.05, 0) is 37.6 Å². The maximum atomic E-state index is 9.79. The quantitative estimate of drug-likeness (QED) is 0.652. The zero-order valence-corrected chi connectivity index (χ0v) is 8.33. The lowest BCUT2D eigenvalue weighted by Crippen LogP contribution is -2.15. The summed E-state index contributed by atoms with van der Waals surface area (Å²) in [6.07, 6.45) is -0.408. The molecule has 70 valence electrons. The van der Waals surface area contributed by atoms with E-state index in [1.54, 1.807) is 0 Å². The standard InChI is InChI=1S/C11H15NO/c1-7-4-9-6-12(3)11(13)10(9)5-8(7)2/h4-5,11,13H,6H2,1-3H3. The average Bonchev–Trinajstić information content (AvgIpc) is 2.32. The van der Waals surface area contributed by atoms with Gasteiger partial charge in [0.15, 0.2) is 0 Å². The van der Waals surface area contributed by atoms with Crippen LogP contribution in [0.2, 0.25) is 0 Å². The molecule has 2 nitrogen and oxygen atoms in total. The van der Waals surface area contributed by atoms with Crippen molar-refractivity contribution in [1.82, 2.24) is 4.90 Å². The summed E-state index contributed by atoms with van der Waals surface area (Å²) in [6, 6.07) is 4.27. The summed E-state index contributed by atoms with van der Waals surface area (Å²) in [5.41, 5.74) is 4.90. The topological polar surface area (TPSA) is 23.5 Å². The van der Waals surface area contributed by atoms with Crippen molar-refractivity contribution in [2.75, 3.05) is 7.05 Å². The van der Waals surface area contributed by atoms with Gasteiger partial charge in [0.25, 0.3) is 0 Å². The molecule has 0 aromatic heterocycles. The smallest absolute Gasteiger partial charge is 0.133 e. The van der Waals surface area contributed by atoms with Gasteiger partial charge in [-0.3, -0.25) is 4.90 Å². The molecule has 0 saturated heterocycles. The van der Waals surface area contributed by atoms with Crippen LogP contribution in [0.3, 0.4) is 0 Å². The van der Waals surface area contributed by atoms with Crippen molar-refractivity contribution in [3.8, 4) is 0 Å². The first-order valence-electron chi connectivity index (χ1n) is 4.58. The zero-order valence-electron chi connectivity index (χ0n) is 8.33. The summed E-state index contributed by atoms with van der Waals surface area (Å²) < 4.78 is 0. The molecule has 1 atom stereocenters. The maximum Gasteiger partial charge on any atom is 0.133 e. The molecule has 0 fully saturated rings. The summed E-state index contributed by atoms with van der Waals surface area (Å²) in [7, 11) is 1.94. The van der Waals surface area contributed by atoms with Crippen LogP contribution < -0.4 is 0 Å². The van der Waals surface area contributed by atoms with E-state index in [-0.39, 0.29) is 0 Å². The number of benzene rings is 1. The number of rotatable bonds is 0. The normalized spacial score (nSPS) is 22.0. The highest BCUT2D eigenvalue weighted by molar-refractivity contribution is 5.40. The number of fused-ring (bicyclic) bond motifs is 1. The maximum absolute atomic E-state index is 9.79. The Morgan fingerprint density at radius 3 is 2.62 bits per heavy atom. The molecular formula is C11H15NO. The molecule has 0 radical (unpaired) electrons. The first-order chi connectivity index (χ1) is 6.09. The second-order valence-electron chi connectivity index (χ2n) is 3.92. The van der Waals surface area contributed by atoms with E-state index in [4.69, 9.17) is 0 Å². The zero-order chi connectivity index (χ0) is 9.59. The summed E-state index contributed by atoms with van der Waals surface area (Å²) >= 11 is 0. The lowest BCUT2D eigenvalue weighted by atomic mass is 10.0. The minimum atomic E-state index is -0.408. The van der Waals surface area contributed by atoms with Crippen LogP contribution in [0.1, 0.15) is 28.5 Å². The molecule has 2 rings (SSSR count). The van der Waals surface area contributed by atoms with Crippen molar-refractivity contribution in [3.05, 3.63) is 34.4 Å². The molecule has 13 heavy (non-hydrogen) atoms. The Kier molecular flexibility index (Phi) is 1.90. The van der Waals surface area contributed by atoms with Gasteiger partial charge in [-0.25, -0.2) is 0 Å². The highest BCUT2D eigenvalue weighted by Gasteiger charge is 2.25. The number of aliphatic hydroxyl groups is 1. The largest absolute Gasteiger partial charge is 0.374 e. The highest BCUT2D eigenvalue weighted by atomic mass is 16.3. The number of hydrogen-bond acceptors (Lipinski definition) is 2. The van der Waals surface area contributed by atoms with E-state index in [2.05, 4.69) is 26.0 Å². The molecule has 1 aliphatic heterocycles. The minimum absolute atomic E-state index is 0.408. The molecule has 0 amide bonds. The van der Waals surface area contributed by atoms with Crippen molar-refractivity contribution in [2.45, 2.75) is 26.6 Å². The average molecular weight is 177 g/mol. The Hall–Kier alpha value is -0.860. The molecular weight excluding hydrogens is 162 g/mol. The fourth-order valence-corrected chi connectivity index (χ4v) is 1.87. The van der Waals surface area contributed by atoms with E-state index < -0.39 is 6.23 Å². The van der Waals surface area contributed by atoms with Crippen molar-refractivity contribution in [3.63, 3.8) is 0 Å². The van der Waals surface area contributed by atoms with Gasteiger partial charge in [0, 0.05) is 12.1 Å². The Balaban J connectivity index is 2.53. The van der Waals surface area contributed by atoms with E-state index in [9.17, 15) is 5.11 Å². The van der Waals surface area contributed by atoms with Crippen molar-refractivity contribution >= 4 is 0 Å². The molecule has 1 aromatic carbocycles. The lowest BCUT2D eigenvalue weighted by Gasteiger charge is -2.13. The Bertz CT molecular complexity index is 346. The van der Waals surface area contributed by atoms with Crippen LogP contribution in [0.15, 0.2) is 12.1 Å². The van der Waals surface area contributed by atoms with Crippen LogP contribution in [0.25, 0.3) is 0 Å². The van der Waals surface area contributed by atoms with E-state index in [0.717, 1.165) is 12.1 Å². The minimum Gasteiger partial charge on any atom is -0.374 e. The Labute approximate surface area is 78.8 Å². The summed E-state index contributed by atoms with van der Waals surface area (Å²) in [6.45, 7) is 5.05. The van der Waals surface area contributed by atoms with Gasteiger partial charge in [-0.15, -0.1) is 0 Å². The molecule has 0 bridgehead atoms. The van der Waals surface area contributed by atoms with E-state index in [1.165, 1.54) is 16.7 Å². The highest BCUT2D eigenvalue weighted by Crippen LogP contribution is 2.31. The van der Waals surface area contributed by atoms with Gasteiger partial charge in [0.05, 0.1) is 0 Å². The molecule has 0 saturated carbocycles. The van der Waals surface area contributed by atoms with Crippen LogP contribution in [-0.2, 0) is 6.54 Å². The fourth-order valence-electron chi connectivity index (χ4n) is 1.87. The predicted octanol–water partition coefficient (Wildman–Crippen LogP) is 1.74. The summed E-state index contributed by atoms with van der Waals surface area (Å²) in [4.78, 5) is 1.95. The molecule has 1 aliphatic rings. The summed E-state index contributed by atoms with van der Waals surface area (Å²) in [5, 5.41) is 9.79. The van der Waals surface area contributed by atoms with E-state index in [1.807, 2.05) is 11.9 Å². The Morgan fingerprint density at radius 1 is 1.31 bits per heavy atom. The van der Waals surface area contributed by atoms with Gasteiger partial charge in [0.1, 0.15) is 6.23 Å². The third-order valence-corrected chi connectivity index (χ3v) is 2.87. The molecule has 1 aromatic rings. The van der Waals surface area contributed by atoms with Gasteiger partial charge < -0.3 is 5.11 Å². The van der Waals surface area contributed by atoms with Crippen LogP contribution in [0, 0.1) is 13.8 Å². The van der Waals surface area contributed by atoms with Crippen molar-refractivity contribution < 1.29 is 5.11 Å². The monoisotopic (exact) mass is 177 g/mol. The molecule has 2 heteroatoms. The van der Waals surface area contributed by atoms with Crippen LogP contribution >= 0.6 is 0 Å². The fraction of sp³-hybridized carbons (Fsp3) is 0.455. The van der Waals surface area contributed by atoms with Crippen molar-refractivity contribution in [1.29, 1.82) is 0 Å². The van der Waals surface area contributed by atoms with Crippen LogP contribution in [0.4, 0.5) is 0 Å². The first kappa shape index (κ1) is 8.73. The van der Waals surface area contributed by atoms with Gasteiger partial charge in [-0.1, -0.05) is 12.1 Å². The molecule has 0 spiro atoms. The molecule has 0 aliphatic carbocycles. The number of aryl methyl sites for hydroxylation is 2. The number of nitrogens with zero attached hydrogens (tertiary/aromatic N) is 1. The van der Waals surface area contributed by atoms with Crippen molar-refractivity contribution in [2.24, 2.45) is 0 Å². The van der Waals surface area contributed by atoms with Crippen LogP contribution in [0.5, 0.6) is 0 Å². The third kappa shape index (κ3) is 1.26. The number of hydrogen-bond donors (Lipinski definition) is 1. The van der Waals surface area contributed by atoms with Gasteiger partial charge in [-0.2, -0.15) is 0 Å². The second-order valence-corrected chi connectivity index (χ2v) is 3.92. The molecule has 1 unspecified atom stereocenters. The van der Waals surface area contributed by atoms with Gasteiger partial charge >= 0.3 is 0 Å². The van der Waals surface area contributed by atoms with E-state index >= 15 is 0 Å². The van der Waals surface area contributed by atoms with E-state index in [0.29, 0.717) is 0 Å². The molecule has 1 N–H and O–H groups in total. The lowest BCUT2D eigenvalue weighted by molar-refractivity contribution is 0.0337.